The number of methoxy groups -OCH3 is 2. The van der Waals surface area contributed by atoms with Crippen LogP contribution in [-0.2, 0) is 10.9 Å². The summed E-state index contributed by atoms with van der Waals surface area (Å²) < 4.78 is 55.2. The molecule has 0 saturated carbocycles. The van der Waals surface area contributed by atoms with Gasteiger partial charge in [-0.05, 0) is 31.2 Å². The van der Waals surface area contributed by atoms with Gasteiger partial charge < -0.3 is 24.9 Å². The average molecular weight is 438 g/mol. The molecular weight excluding hydrogens is 417 g/mol. The second kappa shape index (κ2) is 8.90. The lowest BCUT2D eigenvalue weighted by Crippen LogP contribution is -2.28. The molecule has 1 unspecified atom stereocenters. The molecule has 166 valence electrons. The van der Waals surface area contributed by atoms with Crippen molar-refractivity contribution in [3.63, 3.8) is 0 Å². The topological polar surface area (TPSA) is 112 Å². The largest absolute Gasteiger partial charge is 0.494 e. The Hall–Kier alpha value is -3.18. The van der Waals surface area contributed by atoms with E-state index in [4.69, 9.17) is 19.6 Å². The van der Waals surface area contributed by atoms with Gasteiger partial charge in [0.2, 0.25) is 5.89 Å². The van der Waals surface area contributed by atoms with E-state index >= 15 is 0 Å². The van der Waals surface area contributed by atoms with E-state index in [1.807, 2.05) is 0 Å². The number of amides is 1. The van der Waals surface area contributed by atoms with Crippen molar-refractivity contribution in [2.75, 3.05) is 27.4 Å². The van der Waals surface area contributed by atoms with E-state index in [2.05, 4.69) is 15.3 Å². The highest BCUT2D eigenvalue weighted by molar-refractivity contribution is 5.98. The predicted molar refractivity (Wildman–Crippen MR) is 106 cm³/mol. The van der Waals surface area contributed by atoms with Crippen LogP contribution in [0.5, 0.6) is 5.75 Å². The third kappa shape index (κ3) is 4.62. The summed E-state index contributed by atoms with van der Waals surface area (Å²) in [5, 5.41) is 2.96. The fourth-order valence-corrected chi connectivity index (χ4v) is 2.97. The van der Waals surface area contributed by atoms with Crippen molar-refractivity contribution in [3.8, 4) is 17.2 Å². The van der Waals surface area contributed by atoms with Crippen molar-refractivity contribution in [2.45, 2.75) is 19.1 Å². The van der Waals surface area contributed by atoms with Crippen molar-refractivity contribution in [3.05, 3.63) is 41.4 Å². The van der Waals surface area contributed by atoms with Crippen LogP contribution in [0.3, 0.4) is 0 Å². The smallest absolute Gasteiger partial charge is 0.433 e. The van der Waals surface area contributed by atoms with E-state index < -0.39 is 23.8 Å². The predicted octanol–water partition coefficient (Wildman–Crippen LogP) is 3.31. The molecule has 0 aliphatic carbocycles. The summed E-state index contributed by atoms with van der Waals surface area (Å²) in [7, 11) is 2.83. The molecule has 1 aromatic carbocycles. The zero-order valence-corrected chi connectivity index (χ0v) is 17.0. The maximum atomic E-state index is 13.1. The minimum atomic E-state index is -4.62. The summed E-state index contributed by atoms with van der Waals surface area (Å²) in [5.74, 6) is -0.178. The summed E-state index contributed by atoms with van der Waals surface area (Å²) in [4.78, 5) is 20.5. The minimum Gasteiger partial charge on any atom is -0.494 e. The first-order chi connectivity index (χ1) is 14.7. The van der Waals surface area contributed by atoms with Gasteiger partial charge in [0.25, 0.3) is 5.91 Å². The molecule has 0 radical (unpaired) electrons. The Bertz CT molecular complexity index is 1100. The second-order valence-electron chi connectivity index (χ2n) is 6.68. The lowest BCUT2D eigenvalue weighted by molar-refractivity contribution is -0.140. The number of hydrogen-bond donors (Lipinski definition) is 2. The number of nitrogens with two attached hydrogens (primary N) is 1. The Morgan fingerprint density at radius 2 is 1.97 bits per heavy atom. The maximum Gasteiger partial charge on any atom is 0.433 e. The zero-order valence-electron chi connectivity index (χ0n) is 17.0. The van der Waals surface area contributed by atoms with E-state index in [1.165, 1.54) is 26.4 Å². The van der Waals surface area contributed by atoms with Gasteiger partial charge in [-0.2, -0.15) is 13.2 Å². The molecule has 0 fully saturated rings. The fourth-order valence-electron chi connectivity index (χ4n) is 2.97. The number of nitrogens with one attached hydrogen (secondary N) is 1. The molecule has 11 heteroatoms. The van der Waals surface area contributed by atoms with Crippen LogP contribution in [0.1, 0.15) is 34.9 Å². The molecule has 0 saturated heterocycles. The SMILES string of the molecule is COCCNC(=O)c1nc(-c2ccc(OC)c3nc(C(F)(F)F)ccc23)oc1C(C)N. The van der Waals surface area contributed by atoms with E-state index in [1.54, 1.807) is 13.0 Å². The monoisotopic (exact) mass is 438 g/mol. The van der Waals surface area contributed by atoms with Crippen LogP contribution >= 0.6 is 0 Å². The third-order valence-corrected chi connectivity index (χ3v) is 4.43. The molecule has 2 aromatic heterocycles. The Morgan fingerprint density at radius 1 is 1.23 bits per heavy atom. The molecular formula is C20H21F3N4O4. The number of pyridine rings is 1. The lowest BCUT2D eigenvalue weighted by atomic mass is 10.1. The van der Waals surface area contributed by atoms with Crippen LogP contribution < -0.4 is 15.8 Å². The van der Waals surface area contributed by atoms with Gasteiger partial charge >= 0.3 is 6.18 Å². The minimum absolute atomic E-state index is 0.00931. The van der Waals surface area contributed by atoms with Crippen molar-refractivity contribution >= 4 is 16.8 Å². The molecule has 1 atom stereocenters. The zero-order chi connectivity index (χ0) is 22.8. The van der Waals surface area contributed by atoms with Crippen LogP contribution in [-0.4, -0.2) is 43.2 Å². The van der Waals surface area contributed by atoms with E-state index in [9.17, 15) is 18.0 Å². The van der Waals surface area contributed by atoms with Gasteiger partial charge in [0.15, 0.2) is 11.5 Å². The Labute approximate surface area is 175 Å². The molecule has 2 heterocycles. The number of rotatable bonds is 7. The van der Waals surface area contributed by atoms with E-state index in [0.717, 1.165) is 6.07 Å². The van der Waals surface area contributed by atoms with Crippen LogP contribution in [0.25, 0.3) is 22.4 Å². The standard InChI is InChI=1S/C20H21F3N4O4/c1-10(24)17-16(18(28)25-8-9-29-2)27-19(31-17)12-4-6-13(30-3)15-11(12)5-7-14(26-15)20(21,22)23/h4-7,10H,8-9,24H2,1-3H3,(H,25,28). The molecule has 0 aliphatic heterocycles. The molecule has 3 N–H and O–H groups in total. The van der Waals surface area contributed by atoms with Gasteiger partial charge in [-0.1, -0.05) is 0 Å². The van der Waals surface area contributed by atoms with Gasteiger partial charge in [-0.15, -0.1) is 0 Å². The molecule has 0 spiro atoms. The first-order valence-electron chi connectivity index (χ1n) is 9.26. The molecule has 3 rings (SSSR count). The number of ether oxygens (including phenoxy) is 2. The first kappa shape index (κ1) is 22.5. The number of carbonyl (C=O) groups is 1. The Morgan fingerprint density at radius 3 is 2.58 bits per heavy atom. The highest BCUT2D eigenvalue weighted by Crippen LogP contribution is 2.37. The number of halogens is 3. The second-order valence-corrected chi connectivity index (χ2v) is 6.68. The molecule has 31 heavy (non-hydrogen) atoms. The number of alkyl halides is 3. The lowest BCUT2D eigenvalue weighted by Gasteiger charge is -2.11. The third-order valence-electron chi connectivity index (χ3n) is 4.43. The van der Waals surface area contributed by atoms with Crippen molar-refractivity contribution in [1.29, 1.82) is 0 Å². The summed E-state index contributed by atoms with van der Waals surface area (Å²) in [5.41, 5.74) is 5.19. The van der Waals surface area contributed by atoms with Crippen molar-refractivity contribution in [1.82, 2.24) is 15.3 Å². The maximum absolute atomic E-state index is 13.1. The number of benzene rings is 1. The summed E-state index contributed by atoms with van der Waals surface area (Å²) >= 11 is 0. The van der Waals surface area contributed by atoms with Crippen LogP contribution in [0.15, 0.2) is 28.7 Å². The van der Waals surface area contributed by atoms with E-state index in [0.29, 0.717) is 17.6 Å². The van der Waals surface area contributed by atoms with Crippen molar-refractivity contribution in [2.24, 2.45) is 5.73 Å². The normalized spacial score (nSPS) is 12.7. The van der Waals surface area contributed by atoms with Crippen LogP contribution in [0, 0.1) is 0 Å². The molecule has 1 amide bonds. The quantitative estimate of drug-likeness (QED) is 0.544. The van der Waals surface area contributed by atoms with Gasteiger partial charge in [0.1, 0.15) is 17.0 Å². The summed E-state index contributed by atoms with van der Waals surface area (Å²) in [6, 6.07) is 4.50. The Balaban J connectivity index is 2.13. The number of oxazole rings is 1. The number of hydrogen-bond acceptors (Lipinski definition) is 7. The highest BCUT2D eigenvalue weighted by Gasteiger charge is 2.33. The molecule has 8 nitrogen and oxygen atoms in total. The fraction of sp³-hybridized carbons (Fsp3) is 0.350. The number of aromatic nitrogens is 2. The molecule has 0 aliphatic rings. The number of nitrogens with zero attached hydrogens (tertiary/aromatic N) is 2. The van der Waals surface area contributed by atoms with Gasteiger partial charge in [-0.25, -0.2) is 9.97 Å². The van der Waals surface area contributed by atoms with Crippen LogP contribution in [0.4, 0.5) is 13.2 Å². The average Bonchev–Trinajstić information content (AvgIpc) is 3.17. The van der Waals surface area contributed by atoms with Gasteiger partial charge in [-0.3, -0.25) is 4.79 Å². The summed E-state index contributed by atoms with van der Waals surface area (Å²) in [6.07, 6.45) is -4.62. The molecule has 0 bridgehead atoms. The Kier molecular flexibility index (Phi) is 6.46. The van der Waals surface area contributed by atoms with Gasteiger partial charge in [0.05, 0.1) is 19.8 Å². The highest BCUT2D eigenvalue weighted by atomic mass is 19.4. The van der Waals surface area contributed by atoms with Gasteiger partial charge in [0, 0.05) is 24.6 Å². The van der Waals surface area contributed by atoms with Crippen LogP contribution in [0.2, 0.25) is 0 Å². The summed E-state index contributed by atoms with van der Waals surface area (Å²) in [6.45, 7) is 2.19. The molecule has 3 aromatic rings. The van der Waals surface area contributed by atoms with E-state index in [-0.39, 0.29) is 35.2 Å². The first-order valence-corrected chi connectivity index (χ1v) is 9.26. The van der Waals surface area contributed by atoms with Crippen molar-refractivity contribution < 1.29 is 31.9 Å². The number of carbonyl (C=O) groups excluding carboxylic acids is 1. The number of fused-ring (bicyclic) bond motifs is 1.